The van der Waals surface area contributed by atoms with Crippen LogP contribution in [0.5, 0.6) is 0 Å². The number of nitrogens with one attached hydrogen (secondary N) is 1. The highest BCUT2D eigenvalue weighted by atomic mass is 16.2. The molecule has 0 aliphatic rings. The maximum absolute atomic E-state index is 12.0. The maximum Gasteiger partial charge on any atom is 0.234 e. The van der Waals surface area contributed by atoms with E-state index in [1.54, 1.807) is 0 Å². The van der Waals surface area contributed by atoms with E-state index in [2.05, 4.69) is 24.1 Å². The molecule has 0 saturated heterocycles. The standard InChI is InChI=1S/C16H27N3O/c1-4-8-13(3)18-16(20)12-19(5-2)11-14-9-6-7-10-15(14)17/h6-7,9-10,13H,4-5,8,11-12,17H2,1-3H3,(H,18,20). The molecular formula is C16H27N3O. The number of anilines is 1. The second-order valence-corrected chi connectivity index (χ2v) is 5.26. The van der Waals surface area contributed by atoms with Gasteiger partial charge in [0.05, 0.1) is 6.54 Å². The number of rotatable bonds is 8. The minimum Gasteiger partial charge on any atom is -0.398 e. The first-order valence-corrected chi connectivity index (χ1v) is 7.41. The van der Waals surface area contributed by atoms with Gasteiger partial charge in [-0.15, -0.1) is 0 Å². The molecule has 1 aromatic rings. The van der Waals surface area contributed by atoms with Crippen molar-refractivity contribution in [1.29, 1.82) is 0 Å². The van der Waals surface area contributed by atoms with Crippen LogP contribution in [-0.4, -0.2) is 29.9 Å². The van der Waals surface area contributed by atoms with Crippen molar-refractivity contribution in [3.63, 3.8) is 0 Å². The maximum atomic E-state index is 12.0. The van der Waals surface area contributed by atoms with Crippen LogP contribution in [0.25, 0.3) is 0 Å². The Hall–Kier alpha value is -1.55. The zero-order valence-corrected chi connectivity index (χ0v) is 12.9. The Kier molecular flexibility index (Phi) is 7.09. The number of nitrogens with zero attached hydrogens (tertiary/aromatic N) is 1. The Bertz CT molecular complexity index is 420. The summed E-state index contributed by atoms with van der Waals surface area (Å²) in [4.78, 5) is 14.1. The number of nitrogen functional groups attached to an aromatic ring is 1. The van der Waals surface area contributed by atoms with Crippen molar-refractivity contribution < 1.29 is 4.79 Å². The van der Waals surface area contributed by atoms with E-state index in [1.165, 1.54) is 0 Å². The largest absolute Gasteiger partial charge is 0.398 e. The predicted molar refractivity (Wildman–Crippen MR) is 84.3 cm³/mol. The molecule has 1 amide bonds. The lowest BCUT2D eigenvalue weighted by molar-refractivity contribution is -0.123. The molecule has 1 rings (SSSR count). The van der Waals surface area contributed by atoms with Crippen LogP contribution in [0.4, 0.5) is 5.69 Å². The molecule has 0 radical (unpaired) electrons. The molecule has 0 aromatic heterocycles. The Morgan fingerprint density at radius 2 is 2.05 bits per heavy atom. The molecule has 4 heteroatoms. The van der Waals surface area contributed by atoms with E-state index < -0.39 is 0 Å². The van der Waals surface area contributed by atoms with E-state index in [1.807, 2.05) is 31.2 Å². The first-order chi connectivity index (χ1) is 9.56. The van der Waals surface area contributed by atoms with E-state index in [0.717, 1.165) is 30.6 Å². The second-order valence-electron chi connectivity index (χ2n) is 5.26. The fourth-order valence-electron chi connectivity index (χ4n) is 2.23. The van der Waals surface area contributed by atoms with Crippen LogP contribution >= 0.6 is 0 Å². The van der Waals surface area contributed by atoms with Gasteiger partial charge < -0.3 is 11.1 Å². The van der Waals surface area contributed by atoms with Gasteiger partial charge >= 0.3 is 0 Å². The van der Waals surface area contributed by atoms with Crippen LogP contribution in [0, 0.1) is 0 Å². The number of benzene rings is 1. The zero-order valence-electron chi connectivity index (χ0n) is 12.9. The Morgan fingerprint density at radius 3 is 2.65 bits per heavy atom. The molecule has 0 bridgehead atoms. The number of amides is 1. The lowest BCUT2D eigenvalue weighted by Gasteiger charge is -2.22. The third kappa shape index (κ3) is 5.61. The summed E-state index contributed by atoms with van der Waals surface area (Å²) < 4.78 is 0. The molecule has 0 aliphatic carbocycles. The third-order valence-electron chi connectivity index (χ3n) is 3.39. The summed E-state index contributed by atoms with van der Waals surface area (Å²) in [5, 5.41) is 3.03. The Balaban J connectivity index is 2.51. The highest BCUT2D eigenvalue weighted by Gasteiger charge is 2.12. The summed E-state index contributed by atoms with van der Waals surface area (Å²) in [6, 6.07) is 8.05. The fraction of sp³-hybridized carbons (Fsp3) is 0.562. The Labute approximate surface area is 122 Å². The van der Waals surface area contributed by atoms with Gasteiger partial charge in [0.15, 0.2) is 0 Å². The van der Waals surface area contributed by atoms with Crippen LogP contribution < -0.4 is 11.1 Å². The van der Waals surface area contributed by atoms with E-state index in [-0.39, 0.29) is 11.9 Å². The van der Waals surface area contributed by atoms with Gasteiger partial charge in [0.1, 0.15) is 0 Å². The molecule has 20 heavy (non-hydrogen) atoms. The lowest BCUT2D eigenvalue weighted by atomic mass is 10.1. The molecule has 1 unspecified atom stereocenters. The van der Waals surface area contributed by atoms with Crippen LogP contribution in [0.3, 0.4) is 0 Å². The summed E-state index contributed by atoms with van der Waals surface area (Å²) in [5.74, 6) is 0.0855. The summed E-state index contributed by atoms with van der Waals surface area (Å²) in [5.41, 5.74) is 7.80. The highest BCUT2D eigenvalue weighted by Crippen LogP contribution is 2.13. The topological polar surface area (TPSA) is 58.4 Å². The smallest absolute Gasteiger partial charge is 0.234 e. The molecule has 112 valence electrons. The van der Waals surface area contributed by atoms with Gasteiger partial charge in [-0.25, -0.2) is 0 Å². The van der Waals surface area contributed by atoms with Crippen molar-refractivity contribution in [3.8, 4) is 0 Å². The average molecular weight is 277 g/mol. The number of hydrogen-bond acceptors (Lipinski definition) is 3. The number of carbonyl (C=O) groups is 1. The second kappa shape index (κ2) is 8.59. The number of hydrogen-bond donors (Lipinski definition) is 2. The molecule has 0 aliphatic heterocycles. The van der Waals surface area contributed by atoms with E-state index in [9.17, 15) is 4.79 Å². The summed E-state index contributed by atoms with van der Waals surface area (Å²) in [6.07, 6.45) is 2.10. The van der Waals surface area contributed by atoms with E-state index in [4.69, 9.17) is 5.73 Å². The zero-order chi connectivity index (χ0) is 15.0. The first kappa shape index (κ1) is 16.5. The lowest BCUT2D eigenvalue weighted by Crippen LogP contribution is -2.40. The predicted octanol–water partition coefficient (Wildman–Crippen LogP) is 2.40. The normalized spacial score (nSPS) is 12.4. The number of nitrogens with two attached hydrogens (primary N) is 1. The molecule has 1 aromatic carbocycles. The Morgan fingerprint density at radius 1 is 1.35 bits per heavy atom. The third-order valence-corrected chi connectivity index (χ3v) is 3.39. The monoisotopic (exact) mass is 277 g/mol. The summed E-state index contributed by atoms with van der Waals surface area (Å²) in [7, 11) is 0. The van der Waals surface area contributed by atoms with Gasteiger partial charge in [-0.1, -0.05) is 38.5 Å². The molecule has 0 saturated carbocycles. The van der Waals surface area contributed by atoms with Gasteiger partial charge in [-0.3, -0.25) is 9.69 Å². The molecule has 3 N–H and O–H groups in total. The minimum absolute atomic E-state index is 0.0855. The van der Waals surface area contributed by atoms with Crippen LogP contribution in [0.15, 0.2) is 24.3 Å². The molecule has 4 nitrogen and oxygen atoms in total. The minimum atomic E-state index is 0.0855. The average Bonchev–Trinajstić information content (AvgIpc) is 2.40. The SMILES string of the molecule is CCCC(C)NC(=O)CN(CC)Cc1ccccc1N. The van der Waals surface area contributed by atoms with E-state index >= 15 is 0 Å². The first-order valence-electron chi connectivity index (χ1n) is 7.41. The van der Waals surface area contributed by atoms with Crippen molar-refractivity contribution in [2.45, 2.75) is 46.2 Å². The molecule has 0 spiro atoms. The number of carbonyl (C=O) groups excluding carboxylic acids is 1. The molecule has 1 atom stereocenters. The van der Waals surface area contributed by atoms with Crippen molar-refractivity contribution in [2.24, 2.45) is 0 Å². The van der Waals surface area contributed by atoms with E-state index in [0.29, 0.717) is 13.1 Å². The number of likely N-dealkylation sites (N-methyl/N-ethyl adjacent to an activating group) is 1. The van der Waals surface area contributed by atoms with Crippen LogP contribution in [0.2, 0.25) is 0 Å². The van der Waals surface area contributed by atoms with Gasteiger partial charge in [0.2, 0.25) is 5.91 Å². The summed E-state index contributed by atoms with van der Waals surface area (Å²) >= 11 is 0. The molecule has 0 fully saturated rings. The van der Waals surface area contributed by atoms with Crippen molar-refractivity contribution in [1.82, 2.24) is 10.2 Å². The highest BCUT2D eigenvalue weighted by molar-refractivity contribution is 5.78. The van der Waals surface area contributed by atoms with Gasteiger partial charge in [-0.2, -0.15) is 0 Å². The van der Waals surface area contributed by atoms with Crippen LogP contribution in [-0.2, 0) is 11.3 Å². The van der Waals surface area contributed by atoms with Gasteiger partial charge in [-0.05, 0) is 31.5 Å². The van der Waals surface area contributed by atoms with Crippen molar-refractivity contribution >= 4 is 11.6 Å². The summed E-state index contributed by atoms with van der Waals surface area (Å²) in [6.45, 7) is 8.18. The molecular weight excluding hydrogens is 250 g/mol. The molecule has 0 heterocycles. The van der Waals surface area contributed by atoms with Crippen molar-refractivity contribution in [3.05, 3.63) is 29.8 Å². The quantitative estimate of drug-likeness (QED) is 0.717. The fourth-order valence-corrected chi connectivity index (χ4v) is 2.23. The van der Waals surface area contributed by atoms with Gasteiger partial charge in [0, 0.05) is 18.3 Å². The van der Waals surface area contributed by atoms with Crippen LogP contribution in [0.1, 0.15) is 39.2 Å². The van der Waals surface area contributed by atoms with Crippen molar-refractivity contribution in [2.75, 3.05) is 18.8 Å². The number of para-hydroxylation sites is 1. The van der Waals surface area contributed by atoms with Gasteiger partial charge in [0.25, 0.3) is 0 Å².